The van der Waals surface area contributed by atoms with E-state index in [9.17, 15) is 4.79 Å². The summed E-state index contributed by atoms with van der Waals surface area (Å²) in [6.07, 6.45) is 23.0. The first-order chi connectivity index (χ1) is 15.7. The van der Waals surface area contributed by atoms with Crippen molar-refractivity contribution in [3.8, 4) is 0 Å². The van der Waals surface area contributed by atoms with Gasteiger partial charge in [-0.1, -0.05) is 36.5 Å². The number of aromatic nitrogens is 2. The number of hydrogen-bond acceptors (Lipinski definition) is 6. The molecule has 0 spiro atoms. The van der Waals surface area contributed by atoms with Crippen molar-refractivity contribution in [2.45, 2.75) is 12.5 Å². The van der Waals surface area contributed by atoms with Gasteiger partial charge in [-0.15, -0.1) is 5.73 Å². The SMILES string of the molecule is O=C(NO)c1cnc(N2CC3C(C2)C3NCC2=C=CC=C(C3=CCC=CC=C3)C=C2)nc1. The van der Waals surface area contributed by atoms with Crippen molar-refractivity contribution in [3.63, 3.8) is 0 Å². The molecule has 0 aromatic carbocycles. The van der Waals surface area contributed by atoms with Crippen molar-refractivity contribution < 1.29 is 10.0 Å². The maximum atomic E-state index is 11.4. The molecule has 3 aliphatic carbocycles. The number of carbonyl (C=O) groups is 1. The topological polar surface area (TPSA) is 90.4 Å². The molecule has 4 aliphatic rings. The highest BCUT2D eigenvalue weighted by atomic mass is 16.5. The largest absolute Gasteiger partial charge is 0.340 e. The molecular weight excluding hydrogens is 402 g/mol. The van der Waals surface area contributed by atoms with E-state index in [-0.39, 0.29) is 5.56 Å². The van der Waals surface area contributed by atoms with E-state index in [0.717, 1.165) is 31.6 Å². The van der Waals surface area contributed by atoms with Crippen molar-refractivity contribution in [1.82, 2.24) is 20.8 Å². The highest BCUT2D eigenvalue weighted by molar-refractivity contribution is 5.92. The molecular formula is C25H25N5O2. The summed E-state index contributed by atoms with van der Waals surface area (Å²) in [4.78, 5) is 22.1. The average molecular weight is 428 g/mol. The predicted octanol–water partition coefficient (Wildman–Crippen LogP) is 2.64. The van der Waals surface area contributed by atoms with Crippen molar-refractivity contribution in [1.29, 1.82) is 0 Å². The first-order valence-corrected chi connectivity index (χ1v) is 10.9. The van der Waals surface area contributed by atoms with Crippen LogP contribution >= 0.6 is 0 Å². The minimum Gasteiger partial charge on any atom is -0.340 e. The van der Waals surface area contributed by atoms with E-state index in [4.69, 9.17) is 5.21 Å². The summed E-state index contributed by atoms with van der Waals surface area (Å²) in [7, 11) is 0. The third-order valence-corrected chi connectivity index (χ3v) is 6.33. The second-order valence-corrected chi connectivity index (χ2v) is 8.33. The number of fused-ring (bicyclic) bond motifs is 1. The van der Waals surface area contributed by atoms with Gasteiger partial charge in [0.1, 0.15) is 0 Å². The Bertz CT molecular complexity index is 1110. The van der Waals surface area contributed by atoms with Crippen LogP contribution in [0.15, 0.2) is 89.5 Å². The number of carbonyl (C=O) groups excluding carboxylic acids is 1. The van der Waals surface area contributed by atoms with Gasteiger partial charge in [0.05, 0.1) is 5.56 Å². The Hall–Kier alpha value is -3.51. The number of piperidine rings is 1. The molecule has 32 heavy (non-hydrogen) atoms. The number of rotatable bonds is 6. The standard InChI is InChI=1S/C25H25N5O2/c31-24(29-32)20-13-27-25(28-14-20)30-15-21-22(16-30)23(21)26-12-17-6-5-9-19(11-10-17)18-7-3-1-2-4-8-18/h1-3,5,7-11,13-14,21-23,26,32H,4,12,15-16H2,(H,29,31). The Morgan fingerprint density at radius 3 is 2.72 bits per heavy atom. The zero-order valence-electron chi connectivity index (χ0n) is 17.6. The molecule has 2 fully saturated rings. The molecule has 2 heterocycles. The van der Waals surface area contributed by atoms with Gasteiger partial charge in [-0.2, -0.15) is 0 Å². The lowest BCUT2D eigenvalue weighted by Gasteiger charge is -2.20. The number of anilines is 1. The molecule has 1 aromatic rings. The van der Waals surface area contributed by atoms with Crippen LogP contribution in [0, 0.1) is 11.8 Å². The Balaban J connectivity index is 1.11. The third-order valence-electron chi connectivity index (χ3n) is 6.33. The fourth-order valence-corrected chi connectivity index (χ4v) is 4.52. The van der Waals surface area contributed by atoms with E-state index in [1.54, 1.807) is 5.48 Å². The summed E-state index contributed by atoms with van der Waals surface area (Å²) in [5.41, 5.74) is 8.80. The van der Waals surface area contributed by atoms with E-state index in [2.05, 4.69) is 74.5 Å². The fraction of sp³-hybridized carbons (Fsp3) is 0.280. The van der Waals surface area contributed by atoms with Crippen LogP contribution in [0.5, 0.6) is 0 Å². The van der Waals surface area contributed by atoms with Gasteiger partial charge in [0.15, 0.2) is 0 Å². The molecule has 3 N–H and O–H groups in total. The minimum atomic E-state index is -0.609. The lowest BCUT2D eigenvalue weighted by molar-refractivity contribution is 0.0705. The molecule has 0 radical (unpaired) electrons. The van der Waals surface area contributed by atoms with Crippen LogP contribution in [-0.4, -0.2) is 46.8 Å². The highest BCUT2D eigenvalue weighted by Crippen LogP contribution is 2.46. The molecule has 1 saturated heterocycles. The molecule has 7 nitrogen and oxygen atoms in total. The Morgan fingerprint density at radius 1 is 1.12 bits per heavy atom. The van der Waals surface area contributed by atoms with Crippen LogP contribution in [-0.2, 0) is 0 Å². The summed E-state index contributed by atoms with van der Waals surface area (Å²) < 4.78 is 0. The third kappa shape index (κ3) is 4.27. The lowest BCUT2D eigenvalue weighted by atomic mass is 10.0. The molecule has 2 atom stereocenters. The number of hydrogen-bond donors (Lipinski definition) is 3. The van der Waals surface area contributed by atoms with Gasteiger partial charge >= 0.3 is 0 Å². The second-order valence-electron chi connectivity index (χ2n) is 8.33. The number of nitrogens with zero attached hydrogens (tertiary/aromatic N) is 3. The van der Waals surface area contributed by atoms with E-state index in [1.807, 2.05) is 6.08 Å². The number of hydroxylamine groups is 1. The smallest absolute Gasteiger partial charge is 0.277 e. The lowest BCUT2D eigenvalue weighted by Crippen LogP contribution is -2.33. The molecule has 1 aliphatic heterocycles. The molecule has 1 amide bonds. The van der Waals surface area contributed by atoms with E-state index in [1.165, 1.54) is 23.5 Å². The number of allylic oxidation sites excluding steroid dienone is 9. The van der Waals surface area contributed by atoms with Gasteiger partial charge in [-0.25, -0.2) is 15.4 Å². The number of amides is 1. The first kappa shape index (κ1) is 20.4. The predicted molar refractivity (Wildman–Crippen MR) is 122 cm³/mol. The minimum absolute atomic E-state index is 0.235. The monoisotopic (exact) mass is 427 g/mol. The zero-order valence-corrected chi connectivity index (χ0v) is 17.6. The maximum Gasteiger partial charge on any atom is 0.277 e. The molecule has 1 aromatic heterocycles. The summed E-state index contributed by atoms with van der Waals surface area (Å²) in [6.45, 7) is 2.60. The van der Waals surface area contributed by atoms with Crippen LogP contribution in [0.3, 0.4) is 0 Å². The van der Waals surface area contributed by atoms with Crippen molar-refractivity contribution >= 4 is 11.9 Å². The second kappa shape index (κ2) is 8.93. The fourth-order valence-electron chi connectivity index (χ4n) is 4.52. The van der Waals surface area contributed by atoms with Crippen LogP contribution in [0.4, 0.5) is 5.95 Å². The quantitative estimate of drug-likeness (QED) is 0.367. The van der Waals surface area contributed by atoms with E-state index in [0.29, 0.717) is 23.8 Å². The highest BCUT2D eigenvalue weighted by Gasteiger charge is 2.55. The van der Waals surface area contributed by atoms with Crippen LogP contribution in [0.25, 0.3) is 0 Å². The van der Waals surface area contributed by atoms with Gasteiger partial charge in [0.2, 0.25) is 5.95 Å². The van der Waals surface area contributed by atoms with Gasteiger partial charge < -0.3 is 10.2 Å². The normalized spacial score (nSPS) is 25.5. The number of nitrogens with one attached hydrogen (secondary N) is 2. The van der Waals surface area contributed by atoms with Gasteiger partial charge in [-0.3, -0.25) is 10.0 Å². The Kier molecular flexibility index (Phi) is 5.69. The average Bonchev–Trinajstić information content (AvgIpc) is 3.48. The van der Waals surface area contributed by atoms with Crippen molar-refractivity contribution in [2.75, 3.05) is 24.5 Å². The molecule has 2 unspecified atom stereocenters. The molecule has 0 bridgehead atoms. The van der Waals surface area contributed by atoms with Crippen LogP contribution in [0.1, 0.15) is 16.8 Å². The van der Waals surface area contributed by atoms with Crippen LogP contribution < -0.4 is 15.7 Å². The van der Waals surface area contributed by atoms with Gasteiger partial charge in [0.25, 0.3) is 5.91 Å². The van der Waals surface area contributed by atoms with Gasteiger partial charge in [-0.05, 0) is 47.6 Å². The summed E-state index contributed by atoms with van der Waals surface area (Å²) in [5, 5.41) is 12.4. The van der Waals surface area contributed by atoms with Crippen molar-refractivity contribution in [2.24, 2.45) is 11.8 Å². The van der Waals surface area contributed by atoms with Crippen molar-refractivity contribution in [3.05, 3.63) is 95.1 Å². The summed E-state index contributed by atoms with van der Waals surface area (Å²) in [5.74, 6) is 1.18. The zero-order chi connectivity index (χ0) is 21.9. The Labute approximate surface area is 186 Å². The molecule has 7 heteroatoms. The maximum absolute atomic E-state index is 11.4. The van der Waals surface area contributed by atoms with E-state index >= 15 is 0 Å². The Morgan fingerprint density at radius 2 is 1.94 bits per heavy atom. The summed E-state index contributed by atoms with van der Waals surface area (Å²) >= 11 is 0. The first-order valence-electron chi connectivity index (χ1n) is 10.9. The molecule has 5 rings (SSSR count). The van der Waals surface area contributed by atoms with E-state index < -0.39 is 5.91 Å². The molecule has 1 saturated carbocycles. The van der Waals surface area contributed by atoms with Crippen LogP contribution in [0.2, 0.25) is 0 Å². The van der Waals surface area contributed by atoms with Gasteiger partial charge in [0, 0.05) is 43.6 Å². The summed E-state index contributed by atoms with van der Waals surface area (Å²) in [6, 6.07) is 0.502. The molecule has 162 valence electrons.